The first-order valence-electron chi connectivity index (χ1n) is 13.1. The molecule has 1 heterocycles. The van der Waals surface area contributed by atoms with E-state index >= 15 is 0 Å². The number of non-ortho nitro benzene ring substituents is 1. The highest BCUT2D eigenvalue weighted by atomic mass is 16.6. The maximum absolute atomic E-state index is 14.0. The first-order chi connectivity index (χ1) is 18.9. The topological polar surface area (TPSA) is 108 Å². The summed E-state index contributed by atoms with van der Waals surface area (Å²) in [6.45, 7) is 4.48. The number of hydrogen-bond acceptors (Lipinski definition) is 6. The molecule has 1 aromatic heterocycles. The van der Waals surface area contributed by atoms with Crippen LogP contribution in [0.2, 0.25) is 0 Å². The van der Waals surface area contributed by atoms with Crippen molar-refractivity contribution in [3.05, 3.63) is 105 Å². The first-order valence-corrected chi connectivity index (χ1v) is 13.1. The molecule has 1 unspecified atom stereocenters. The van der Waals surface area contributed by atoms with Crippen LogP contribution in [0.5, 0.6) is 5.75 Å². The number of hydrogen-bond donors (Lipinski definition) is 0. The summed E-state index contributed by atoms with van der Waals surface area (Å²) < 4.78 is 7.15. The molecule has 39 heavy (non-hydrogen) atoms. The molecule has 9 heteroatoms. The van der Waals surface area contributed by atoms with E-state index in [1.54, 1.807) is 46.9 Å². The number of carbonyl (C=O) groups excluding carboxylic acids is 1. The Bertz CT molecular complexity index is 1530. The maximum atomic E-state index is 14.0. The number of methoxy groups -OCH3 is 1. The quantitative estimate of drug-likeness (QED) is 0.133. The van der Waals surface area contributed by atoms with Crippen LogP contribution in [0.1, 0.15) is 61.8 Å². The van der Waals surface area contributed by atoms with Crippen LogP contribution in [-0.2, 0) is 0 Å². The van der Waals surface area contributed by atoms with Crippen LogP contribution < -0.4 is 10.3 Å². The van der Waals surface area contributed by atoms with Gasteiger partial charge < -0.3 is 9.64 Å². The van der Waals surface area contributed by atoms with Gasteiger partial charge in [0.1, 0.15) is 11.6 Å². The second kappa shape index (κ2) is 12.3. The largest absolute Gasteiger partial charge is 0.495 e. The Morgan fingerprint density at radius 1 is 1.03 bits per heavy atom. The summed E-state index contributed by atoms with van der Waals surface area (Å²) >= 11 is 0. The van der Waals surface area contributed by atoms with Crippen molar-refractivity contribution in [3.8, 4) is 11.4 Å². The van der Waals surface area contributed by atoms with Gasteiger partial charge in [0, 0.05) is 24.2 Å². The van der Waals surface area contributed by atoms with Crippen molar-refractivity contribution in [3.63, 3.8) is 0 Å². The molecule has 202 valence electrons. The molecule has 0 bridgehead atoms. The van der Waals surface area contributed by atoms with Crippen molar-refractivity contribution < 1.29 is 14.5 Å². The van der Waals surface area contributed by atoms with E-state index in [4.69, 9.17) is 9.72 Å². The molecule has 4 aromatic rings. The van der Waals surface area contributed by atoms with Gasteiger partial charge in [-0.05, 0) is 49.2 Å². The van der Waals surface area contributed by atoms with E-state index in [2.05, 4.69) is 6.92 Å². The summed E-state index contributed by atoms with van der Waals surface area (Å²) in [5.74, 6) is 0.659. The van der Waals surface area contributed by atoms with Gasteiger partial charge in [0.2, 0.25) is 0 Å². The van der Waals surface area contributed by atoms with Crippen molar-refractivity contribution in [2.24, 2.45) is 0 Å². The molecular weight excluding hydrogens is 496 g/mol. The number of nitrogens with zero attached hydrogens (tertiary/aromatic N) is 4. The highest BCUT2D eigenvalue weighted by molar-refractivity contribution is 5.94. The second-order valence-corrected chi connectivity index (χ2v) is 9.23. The minimum Gasteiger partial charge on any atom is -0.495 e. The molecule has 9 nitrogen and oxygen atoms in total. The third-order valence-corrected chi connectivity index (χ3v) is 6.78. The number of carbonyl (C=O) groups is 1. The Labute approximate surface area is 226 Å². The Morgan fingerprint density at radius 2 is 1.72 bits per heavy atom. The summed E-state index contributed by atoms with van der Waals surface area (Å²) in [5.41, 5.74) is 1.07. The van der Waals surface area contributed by atoms with E-state index in [9.17, 15) is 19.7 Å². The fraction of sp³-hybridized carbons (Fsp3) is 0.300. The number of nitro benzene ring substituents is 1. The molecule has 0 saturated heterocycles. The summed E-state index contributed by atoms with van der Waals surface area (Å²) in [6.07, 6.45) is 3.14. The molecular formula is C30H32N4O5. The van der Waals surface area contributed by atoms with E-state index in [0.717, 1.165) is 19.3 Å². The zero-order chi connectivity index (χ0) is 27.9. The number of amides is 1. The highest BCUT2D eigenvalue weighted by Crippen LogP contribution is 2.31. The molecule has 0 aliphatic carbocycles. The van der Waals surface area contributed by atoms with Gasteiger partial charge in [-0.15, -0.1) is 0 Å². The van der Waals surface area contributed by atoms with Crippen LogP contribution in [0.25, 0.3) is 16.6 Å². The van der Waals surface area contributed by atoms with Gasteiger partial charge in [0.05, 0.1) is 34.7 Å². The summed E-state index contributed by atoms with van der Waals surface area (Å²) in [7, 11) is 1.55. The van der Waals surface area contributed by atoms with Gasteiger partial charge in [0.25, 0.3) is 17.2 Å². The van der Waals surface area contributed by atoms with Gasteiger partial charge in [-0.3, -0.25) is 24.3 Å². The number of ether oxygens (including phenoxy) is 1. The highest BCUT2D eigenvalue weighted by Gasteiger charge is 2.30. The number of para-hydroxylation sites is 3. The number of benzene rings is 3. The summed E-state index contributed by atoms with van der Waals surface area (Å²) in [4.78, 5) is 45.2. The van der Waals surface area contributed by atoms with Crippen molar-refractivity contribution in [1.29, 1.82) is 0 Å². The average Bonchev–Trinajstić information content (AvgIpc) is 2.96. The van der Waals surface area contributed by atoms with E-state index in [0.29, 0.717) is 46.7 Å². The van der Waals surface area contributed by atoms with Crippen LogP contribution >= 0.6 is 0 Å². The molecule has 0 spiro atoms. The standard InChI is InChI=1S/C30H32N4O5/c1-4-6-11-20-32(29(35)21-16-18-22(19-17-21)34(37)38)25(5-2)28-31-24-13-8-7-12-23(24)30(36)33(28)26-14-9-10-15-27(26)39-3/h7-10,12-19,25H,4-6,11,20H2,1-3H3. The Hall–Kier alpha value is -4.53. The molecule has 3 aromatic carbocycles. The average molecular weight is 529 g/mol. The third kappa shape index (κ3) is 5.67. The first kappa shape index (κ1) is 27.5. The van der Waals surface area contributed by atoms with Gasteiger partial charge in [0.15, 0.2) is 0 Å². The third-order valence-electron chi connectivity index (χ3n) is 6.78. The molecule has 0 aliphatic rings. The van der Waals surface area contributed by atoms with Crippen molar-refractivity contribution in [2.45, 2.75) is 45.6 Å². The lowest BCUT2D eigenvalue weighted by molar-refractivity contribution is -0.384. The number of rotatable bonds is 11. The monoisotopic (exact) mass is 528 g/mol. The minimum atomic E-state index is -0.549. The molecule has 0 aliphatic heterocycles. The molecule has 4 rings (SSSR count). The lowest BCUT2D eigenvalue weighted by Gasteiger charge is -2.32. The zero-order valence-corrected chi connectivity index (χ0v) is 22.4. The van der Waals surface area contributed by atoms with Crippen molar-refractivity contribution in [2.75, 3.05) is 13.7 Å². The van der Waals surface area contributed by atoms with Gasteiger partial charge in [-0.1, -0.05) is 51.0 Å². The van der Waals surface area contributed by atoms with Crippen LogP contribution in [0, 0.1) is 10.1 Å². The lowest BCUT2D eigenvalue weighted by atomic mass is 10.1. The SMILES string of the molecule is CCCCCN(C(=O)c1ccc([N+](=O)[O-])cc1)C(CC)c1nc2ccccc2c(=O)n1-c1ccccc1OC. The zero-order valence-electron chi connectivity index (χ0n) is 22.4. The number of fused-ring (bicyclic) bond motifs is 1. The van der Waals surface area contributed by atoms with E-state index < -0.39 is 11.0 Å². The molecule has 0 saturated carbocycles. The molecule has 1 amide bonds. The summed E-state index contributed by atoms with van der Waals surface area (Å²) in [5, 5.41) is 11.6. The number of aromatic nitrogens is 2. The second-order valence-electron chi connectivity index (χ2n) is 9.23. The Balaban J connectivity index is 1.92. The smallest absolute Gasteiger partial charge is 0.269 e. The maximum Gasteiger partial charge on any atom is 0.269 e. The minimum absolute atomic E-state index is 0.0858. The van der Waals surface area contributed by atoms with Crippen LogP contribution in [0.4, 0.5) is 5.69 Å². The van der Waals surface area contributed by atoms with E-state index in [-0.39, 0.29) is 17.2 Å². The normalized spacial score (nSPS) is 11.8. The fourth-order valence-corrected chi connectivity index (χ4v) is 4.79. The van der Waals surface area contributed by atoms with Crippen LogP contribution in [0.15, 0.2) is 77.6 Å². The van der Waals surface area contributed by atoms with Crippen molar-refractivity contribution in [1.82, 2.24) is 14.5 Å². The predicted octanol–water partition coefficient (Wildman–Crippen LogP) is 6.09. The number of nitro groups is 1. The van der Waals surface area contributed by atoms with Gasteiger partial charge in [-0.25, -0.2) is 4.98 Å². The summed E-state index contributed by atoms with van der Waals surface area (Å²) in [6, 6.07) is 19.4. The van der Waals surface area contributed by atoms with Crippen LogP contribution in [0.3, 0.4) is 0 Å². The lowest BCUT2D eigenvalue weighted by Crippen LogP contribution is -2.39. The number of unbranched alkanes of at least 4 members (excludes halogenated alkanes) is 2. The molecule has 1 atom stereocenters. The molecule has 0 N–H and O–H groups in total. The van der Waals surface area contributed by atoms with E-state index in [1.807, 2.05) is 25.1 Å². The van der Waals surface area contributed by atoms with Gasteiger partial charge >= 0.3 is 0 Å². The fourth-order valence-electron chi connectivity index (χ4n) is 4.79. The molecule has 0 radical (unpaired) electrons. The van der Waals surface area contributed by atoms with Gasteiger partial charge in [-0.2, -0.15) is 0 Å². The Kier molecular flexibility index (Phi) is 8.70. The molecule has 0 fully saturated rings. The van der Waals surface area contributed by atoms with E-state index in [1.165, 1.54) is 24.3 Å². The Morgan fingerprint density at radius 3 is 2.38 bits per heavy atom. The van der Waals surface area contributed by atoms with Crippen molar-refractivity contribution >= 4 is 22.5 Å². The van der Waals surface area contributed by atoms with Crippen LogP contribution in [-0.4, -0.2) is 38.9 Å². The predicted molar refractivity (Wildman–Crippen MR) is 151 cm³/mol.